The van der Waals surface area contributed by atoms with Crippen molar-refractivity contribution in [1.82, 2.24) is 4.90 Å². The summed E-state index contributed by atoms with van der Waals surface area (Å²) >= 11 is 0. The first-order chi connectivity index (χ1) is 9.74. The van der Waals surface area contributed by atoms with Crippen LogP contribution >= 0.6 is 0 Å². The first-order valence-electron chi connectivity index (χ1n) is 7.68. The van der Waals surface area contributed by atoms with E-state index in [0.717, 1.165) is 11.8 Å². The topological polar surface area (TPSA) is 29.5 Å². The van der Waals surface area contributed by atoms with E-state index in [-0.39, 0.29) is 12.1 Å². The third-order valence-corrected chi connectivity index (χ3v) is 5.62. The summed E-state index contributed by atoms with van der Waals surface area (Å²) in [5.41, 5.74) is 0.682. The zero-order valence-electron chi connectivity index (χ0n) is 11.9. The number of fused-ring (bicyclic) bond motifs is 5. The molecule has 20 heavy (non-hydrogen) atoms. The highest BCUT2D eigenvalue weighted by Crippen LogP contribution is 2.56. The Kier molecular flexibility index (Phi) is 2.84. The van der Waals surface area contributed by atoms with Gasteiger partial charge in [0.2, 0.25) is 0 Å². The molecule has 3 fully saturated rings. The van der Waals surface area contributed by atoms with Gasteiger partial charge < -0.3 is 9.64 Å². The Morgan fingerprint density at radius 2 is 1.65 bits per heavy atom. The van der Waals surface area contributed by atoms with Crippen LogP contribution in [0.2, 0.25) is 0 Å². The van der Waals surface area contributed by atoms with Gasteiger partial charge in [-0.15, -0.1) is 0 Å². The molecule has 1 saturated heterocycles. The van der Waals surface area contributed by atoms with Crippen LogP contribution in [0, 0.1) is 23.7 Å². The van der Waals surface area contributed by atoms with Crippen molar-refractivity contribution in [2.75, 3.05) is 20.1 Å². The zero-order valence-corrected chi connectivity index (χ0v) is 11.9. The van der Waals surface area contributed by atoms with Gasteiger partial charge in [-0.25, -0.2) is 4.79 Å². The summed E-state index contributed by atoms with van der Waals surface area (Å²) in [5.74, 6) is 2.57. The number of benzene rings is 1. The molecular formula is C17H21NO2. The predicted octanol–water partition coefficient (Wildman–Crippen LogP) is 2.43. The summed E-state index contributed by atoms with van der Waals surface area (Å²) in [6.45, 7) is 2.37. The van der Waals surface area contributed by atoms with Gasteiger partial charge in [0, 0.05) is 24.9 Å². The lowest BCUT2D eigenvalue weighted by molar-refractivity contribution is 0.0139. The molecule has 0 radical (unpaired) electrons. The van der Waals surface area contributed by atoms with E-state index in [1.807, 2.05) is 30.3 Å². The maximum atomic E-state index is 12.3. The fraction of sp³-hybridized carbons (Fsp3) is 0.588. The second-order valence-electron chi connectivity index (χ2n) is 6.69. The molecule has 0 N–H and O–H groups in total. The van der Waals surface area contributed by atoms with Crippen LogP contribution < -0.4 is 0 Å². The number of rotatable bonds is 2. The molecule has 1 heterocycles. The Hall–Kier alpha value is -1.35. The highest BCUT2D eigenvalue weighted by atomic mass is 16.5. The predicted molar refractivity (Wildman–Crippen MR) is 76.3 cm³/mol. The standard InChI is InChI=1S/C17H21NO2/c1-18-9-14-12-7-8-13(15(14)10-18)16(12)20-17(19)11-5-3-2-4-6-11/h2-6,12-16H,7-10H2,1H3/t12-,13-,14-,15+,16?/m1/s1. The van der Waals surface area contributed by atoms with Crippen molar-refractivity contribution in [3.8, 4) is 0 Å². The molecule has 0 spiro atoms. The van der Waals surface area contributed by atoms with Crippen molar-refractivity contribution < 1.29 is 9.53 Å². The number of carbonyl (C=O) groups is 1. The Bertz CT molecular complexity index is 495. The van der Waals surface area contributed by atoms with Crippen LogP contribution in [0.5, 0.6) is 0 Å². The monoisotopic (exact) mass is 271 g/mol. The molecule has 0 amide bonds. The number of hydrogen-bond donors (Lipinski definition) is 0. The minimum absolute atomic E-state index is 0.138. The summed E-state index contributed by atoms with van der Waals surface area (Å²) in [4.78, 5) is 14.7. The highest BCUT2D eigenvalue weighted by Gasteiger charge is 2.58. The van der Waals surface area contributed by atoms with Crippen LogP contribution in [0.15, 0.2) is 30.3 Å². The molecule has 106 valence electrons. The van der Waals surface area contributed by atoms with Gasteiger partial charge in [0.25, 0.3) is 0 Å². The van der Waals surface area contributed by atoms with Crippen molar-refractivity contribution >= 4 is 5.97 Å². The molecule has 2 saturated carbocycles. The Balaban J connectivity index is 1.50. The zero-order chi connectivity index (χ0) is 13.7. The van der Waals surface area contributed by atoms with Crippen LogP contribution in [0.1, 0.15) is 23.2 Å². The lowest BCUT2D eigenvalue weighted by atomic mass is 9.82. The minimum Gasteiger partial charge on any atom is -0.458 e. The lowest BCUT2D eigenvalue weighted by Gasteiger charge is -2.21. The van der Waals surface area contributed by atoms with E-state index < -0.39 is 0 Å². The number of nitrogens with zero attached hydrogens (tertiary/aromatic N) is 1. The molecule has 5 atom stereocenters. The number of hydrogen-bond acceptors (Lipinski definition) is 3. The summed E-state index contributed by atoms with van der Waals surface area (Å²) in [6, 6.07) is 9.39. The summed E-state index contributed by atoms with van der Waals surface area (Å²) < 4.78 is 5.90. The van der Waals surface area contributed by atoms with E-state index in [1.54, 1.807) is 0 Å². The number of esters is 1. The van der Waals surface area contributed by atoms with E-state index >= 15 is 0 Å². The van der Waals surface area contributed by atoms with Crippen LogP contribution in [-0.2, 0) is 4.74 Å². The van der Waals surface area contributed by atoms with Crippen molar-refractivity contribution in [3.05, 3.63) is 35.9 Å². The Labute approximate surface area is 119 Å². The molecule has 3 nitrogen and oxygen atoms in total. The molecule has 1 unspecified atom stereocenters. The van der Waals surface area contributed by atoms with Gasteiger partial charge in [0.1, 0.15) is 6.10 Å². The summed E-state index contributed by atoms with van der Waals surface area (Å²) in [7, 11) is 2.21. The van der Waals surface area contributed by atoms with Crippen LogP contribution in [0.4, 0.5) is 0 Å². The van der Waals surface area contributed by atoms with Crippen molar-refractivity contribution in [3.63, 3.8) is 0 Å². The fourth-order valence-corrected chi connectivity index (χ4v) is 4.86. The molecule has 3 aliphatic rings. The normalized spacial score (nSPS) is 39.0. The molecule has 1 aromatic rings. The molecule has 3 heteroatoms. The lowest BCUT2D eigenvalue weighted by Crippen LogP contribution is -2.28. The number of carbonyl (C=O) groups excluding carboxylic acids is 1. The van der Waals surface area contributed by atoms with E-state index in [4.69, 9.17) is 4.74 Å². The Morgan fingerprint density at radius 1 is 1.05 bits per heavy atom. The van der Waals surface area contributed by atoms with Crippen LogP contribution in [0.25, 0.3) is 0 Å². The highest BCUT2D eigenvalue weighted by molar-refractivity contribution is 5.89. The SMILES string of the molecule is CN1C[C@@H]2[C@H](C1)[C@H]1CC[C@H]2C1OC(=O)c1ccccc1. The molecule has 2 bridgehead atoms. The fourth-order valence-electron chi connectivity index (χ4n) is 4.86. The quantitative estimate of drug-likeness (QED) is 0.774. The summed E-state index contributed by atoms with van der Waals surface area (Å²) in [6.07, 6.45) is 2.66. The van der Waals surface area contributed by atoms with Crippen LogP contribution in [-0.4, -0.2) is 37.1 Å². The third-order valence-electron chi connectivity index (χ3n) is 5.62. The second kappa shape index (κ2) is 4.59. The maximum absolute atomic E-state index is 12.3. The number of likely N-dealkylation sites (tertiary alicyclic amines) is 1. The largest absolute Gasteiger partial charge is 0.458 e. The minimum atomic E-state index is -0.138. The maximum Gasteiger partial charge on any atom is 0.338 e. The third kappa shape index (κ3) is 1.80. The first-order valence-corrected chi connectivity index (χ1v) is 7.68. The van der Waals surface area contributed by atoms with Gasteiger partial charge in [0.05, 0.1) is 5.56 Å². The van der Waals surface area contributed by atoms with E-state index in [1.165, 1.54) is 25.9 Å². The molecule has 1 aliphatic heterocycles. The van der Waals surface area contributed by atoms with Gasteiger partial charge in [-0.05, 0) is 43.9 Å². The molecular weight excluding hydrogens is 250 g/mol. The van der Waals surface area contributed by atoms with E-state index in [0.29, 0.717) is 17.4 Å². The van der Waals surface area contributed by atoms with Crippen molar-refractivity contribution in [2.45, 2.75) is 18.9 Å². The van der Waals surface area contributed by atoms with Gasteiger partial charge in [-0.3, -0.25) is 0 Å². The van der Waals surface area contributed by atoms with Gasteiger partial charge >= 0.3 is 5.97 Å². The van der Waals surface area contributed by atoms with Crippen LogP contribution in [0.3, 0.4) is 0 Å². The average molecular weight is 271 g/mol. The molecule has 4 rings (SSSR count). The summed E-state index contributed by atoms with van der Waals surface area (Å²) in [5, 5.41) is 0. The van der Waals surface area contributed by atoms with Gasteiger partial charge in [-0.2, -0.15) is 0 Å². The van der Waals surface area contributed by atoms with Gasteiger partial charge in [-0.1, -0.05) is 18.2 Å². The number of ether oxygens (including phenoxy) is 1. The average Bonchev–Trinajstić information content (AvgIpc) is 3.10. The molecule has 0 aromatic heterocycles. The Morgan fingerprint density at radius 3 is 2.25 bits per heavy atom. The smallest absolute Gasteiger partial charge is 0.338 e. The molecule has 1 aromatic carbocycles. The van der Waals surface area contributed by atoms with Crippen molar-refractivity contribution in [1.29, 1.82) is 0 Å². The molecule has 2 aliphatic carbocycles. The first kappa shape index (κ1) is 12.4. The van der Waals surface area contributed by atoms with E-state index in [2.05, 4.69) is 11.9 Å². The van der Waals surface area contributed by atoms with Crippen molar-refractivity contribution in [2.24, 2.45) is 23.7 Å². The second-order valence-corrected chi connectivity index (χ2v) is 6.69. The van der Waals surface area contributed by atoms with E-state index in [9.17, 15) is 4.79 Å². The van der Waals surface area contributed by atoms with Gasteiger partial charge in [0.15, 0.2) is 0 Å².